The minimum Gasteiger partial charge on any atom is -0.399 e. The first-order chi connectivity index (χ1) is 8.78. The van der Waals surface area contributed by atoms with Gasteiger partial charge in [0, 0.05) is 5.69 Å². The third-order valence-corrected chi connectivity index (χ3v) is 2.56. The van der Waals surface area contributed by atoms with E-state index in [9.17, 15) is 0 Å². The summed E-state index contributed by atoms with van der Waals surface area (Å²) < 4.78 is 0. The number of nitrogens with two attached hydrogens (primary N) is 1. The molecular formula is C15H12N2S. The molecule has 0 bridgehead atoms. The molecule has 2 rings (SSSR count). The summed E-state index contributed by atoms with van der Waals surface area (Å²) in [5.41, 5.74) is 9.44. The third kappa shape index (κ3) is 3.39. The van der Waals surface area contributed by atoms with Gasteiger partial charge in [-0.05, 0) is 47.6 Å². The second-order valence-electron chi connectivity index (χ2n) is 3.79. The molecule has 0 fully saturated rings. The van der Waals surface area contributed by atoms with Crippen molar-refractivity contribution in [2.24, 2.45) is 4.99 Å². The summed E-state index contributed by atoms with van der Waals surface area (Å²) in [5, 5.41) is 2.35. The largest absolute Gasteiger partial charge is 0.399 e. The van der Waals surface area contributed by atoms with Crippen molar-refractivity contribution in [1.29, 1.82) is 0 Å². The van der Waals surface area contributed by atoms with Gasteiger partial charge < -0.3 is 5.73 Å². The van der Waals surface area contributed by atoms with Crippen molar-refractivity contribution in [3.05, 3.63) is 59.7 Å². The molecule has 2 nitrogen and oxygen atoms in total. The Kier molecular flexibility index (Phi) is 4.02. The van der Waals surface area contributed by atoms with Crippen LogP contribution in [-0.4, -0.2) is 5.16 Å². The van der Waals surface area contributed by atoms with E-state index in [1.807, 2.05) is 60.7 Å². The van der Waals surface area contributed by atoms with Crippen molar-refractivity contribution in [3.8, 4) is 0 Å². The summed E-state index contributed by atoms with van der Waals surface area (Å²) in [6, 6.07) is 15.5. The molecule has 88 valence electrons. The highest BCUT2D eigenvalue weighted by Gasteiger charge is 1.90. The maximum Gasteiger partial charge on any atom is 0.0739 e. The van der Waals surface area contributed by atoms with Crippen LogP contribution in [-0.2, 0) is 0 Å². The number of isothiocyanates is 1. The molecule has 0 atom stereocenters. The van der Waals surface area contributed by atoms with Gasteiger partial charge in [0.25, 0.3) is 0 Å². The first-order valence-corrected chi connectivity index (χ1v) is 5.90. The van der Waals surface area contributed by atoms with Crippen LogP contribution in [0.1, 0.15) is 11.1 Å². The molecule has 0 radical (unpaired) electrons. The highest BCUT2D eigenvalue weighted by molar-refractivity contribution is 7.78. The van der Waals surface area contributed by atoms with Gasteiger partial charge in [0.2, 0.25) is 0 Å². The standard InChI is InChI=1S/C15H12N2S/c16-14-7-3-12(4-8-14)1-2-13-5-9-15(10-6-13)17-11-18/h1-10H,16H2. The van der Waals surface area contributed by atoms with Crippen molar-refractivity contribution in [1.82, 2.24) is 0 Å². The maximum atomic E-state index is 5.63. The van der Waals surface area contributed by atoms with Crippen molar-refractivity contribution < 1.29 is 0 Å². The lowest BCUT2D eigenvalue weighted by molar-refractivity contribution is 1.54. The Morgan fingerprint density at radius 1 is 0.889 bits per heavy atom. The number of hydrogen-bond donors (Lipinski definition) is 1. The zero-order valence-electron chi connectivity index (χ0n) is 9.71. The van der Waals surface area contributed by atoms with Crippen LogP contribution >= 0.6 is 12.2 Å². The van der Waals surface area contributed by atoms with E-state index < -0.39 is 0 Å². The van der Waals surface area contributed by atoms with Gasteiger partial charge in [0.15, 0.2) is 0 Å². The van der Waals surface area contributed by atoms with Crippen molar-refractivity contribution in [2.45, 2.75) is 0 Å². The molecule has 2 N–H and O–H groups in total. The smallest absolute Gasteiger partial charge is 0.0739 e. The van der Waals surface area contributed by atoms with Crippen LogP contribution in [0.4, 0.5) is 11.4 Å². The van der Waals surface area contributed by atoms with Crippen LogP contribution in [0.5, 0.6) is 0 Å². The Morgan fingerprint density at radius 2 is 1.39 bits per heavy atom. The number of benzene rings is 2. The summed E-state index contributed by atoms with van der Waals surface area (Å²) in [6.07, 6.45) is 4.08. The summed E-state index contributed by atoms with van der Waals surface area (Å²) >= 11 is 4.55. The Hall–Kier alpha value is -2.22. The van der Waals surface area contributed by atoms with Gasteiger partial charge in [-0.2, -0.15) is 4.99 Å². The molecule has 2 aromatic rings. The van der Waals surface area contributed by atoms with Gasteiger partial charge in [0.1, 0.15) is 0 Å². The van der Waals surface area contributed by atoms with Gasteiger partial charge in [-0.25, -0.2) is 0 Å². The van der Waals surface area contributed by atoms with E-state index in [1.165, 1.54) is 0 Å². The van der Waals surface area contributed by atoms with E-state index in [-0.39, 0.29) is 0 Å². The lowest BCUT2D eigenvalue weighted by Crippen LogP contribution is -1.82. The quantitative estimate of drug-likeness (QED) is 0.385. The fraction of sp³-hybridized carbons (Fsp3) is 0. The van der Waals surface area contributed by atoms with Gasteiger partial charge in [-0.15, -0.1) is 0 Å². The predicted molar refractivity (Wildman–Crippen MR) is 80.9 cm³/mol. The SMILES string of the molecule is Nc1ccc(C=Cc2ccc(N=C=S)cc2)cc1. The van der Waals surface area contributed by atoms with E-state index in [1.54, 1.807) is 0 Å². The number of nitrogens with zero attached hydrogens (tertiary/aromatic N) is 1. The van der Waals surface area contributed by atoms with Crippen molar-refractivity contribution in [3.63, 3.8) is 0 Å². The summed E-state index contributed by atoms with van der Waals surface area (Å²) in [4.78, 5) is 3.90. The molecule has 0 heterocycles. The van der Waals surface area contributed by atoms with Crippen LogP contribution in [0, 0.1) is 0 Å². The first-order valence-electron chi connectivity index (χ1n) is 5.49. The Balaban J connectivity index is 2.13. The normalized spacial score (nSPS) is 10.2. The van der Waals surface area contributed by atoms with Crippen LogP contribution in [0.25, 0.3) is 12.2 Å². The van der Waals surface area contributed by atoms with Crippen molar-refractivity contribution >= 4 is 40.9 Å². The Labute approximate surface area is 111 Å². The average molecular weight is 252 g/mol. The molecule has 0 aliphatic carbocycles. The molecule has 0 amide bonds. The molecule has 0 aromatic heterocycles. The van der Waals surface area contributed by atoms with E-state index in [4.69, 9.17) is 5.73 Å². The lowest BCUT2D eigenvalue weighted by atomic mass is 10.1. The molecule has 0 aliphatic heterocycles. The van der Waals surface area contributed by atoms with Crippen molar-refractivity contribution in [2.75, 3.05) is 5.73 Å². The second kappa shape index (κ2) is 5.92. The number of hydrogen-bond acceptors (Lipinski definition) is 3. The van der Waals surface area contributed by atoms with Gasteiger partial charge in [-0.1, -0.05) is 36.4 Å². The van der Waals surface area contributed by atoms with Crippen LogP contribution in [0.15, 0.2) is 53.5 Å². The predicted octanol–water partition coefficient (Wildman–Crippen LogP) is 4.17. The molecule has 0 spiro atoms. The minimum absolute atomic E-state index is 0.773. The average Bonchev–Trinajstić information content (AvgIpc) is 2.40. The third-order valence-electron chi connectivity index (χ3n) is 2.47. The molecule has 18 heavy (non-hydrogen) atoms. The zero-order chi connectivity index (χ0) is 12.8. The van der Waals surface area contributed by atoms with E-state index in [0.717, 1.165) is 22.5 Å². The highest BCUT2D eigenvalue weighted by Crippen LogP contribution is 2.15. The number of rotatable bonds is 3. The number of anilines is 1. The Bertz CT molecular complexity index is 591. The summed E-state index contributed by atoms with van der Waals surface area (Å²) in [6.45, 7) is 0. The van der Waals surface area contributed by atoms with Gasteiger partial charge in [-0.3, -0.25) is 0 Å². The molecule has 2 aromatic carbocycles. The second-order valence-corrected chi connectivity index (χ2v) is 3.98. The fourth-order valence-electron chi connectivity index (χ4n) is 1.51. The number of nitrogen functional groups attached to an aromatic ring is 1. The molecule has 0 unspecified atom stereocenters. The van der Waals surface area contributed by atoms with Gasteiger partial charge >= 0.3 is 0 Å². The summed E-state index contributed by atoms with van der Waals surface area (Å²) in [7, 11) is 0. The molecule has 0 saturated carbocycles. The molecule has 3 heteroatoms. The van der Waals surface area contributed by atoms with E-state index in [0.29, 0.717) is 0 Å². The topological polar surface area (TPSA) is 38.4 Å². The minimum atomic E-state index is 0.773. The Morgan fingerprint density at radius 3 is 1.89 bits per heavy atom. The molecule has 0 saturated heterocycles. The van der Waals surface area contributed by atoms with Crippen LogP contribution in [0.3, 0.4) is 0 Å². The number of thiocarbonyl (C=S) groups is 1. The van der Waals surface area contributed by atoms with Crippen LogP contribution < -0.4 is 5.73 Å². The van der Waals surface area contributed by atoms with Crippen LogP contribution in [0.2, 0.25) is 0 Å². The van der Waals surface area contributed by atoms with E-state index >= 15 is 0 Å². The number of aliphatic imine (C=N–C) groups is 1. The zero-order valence-corrected chi connectivity index (χ0v) is 10.5. The molecule has 0 aliphatic rings. The maximum absolute atomic E-state index is 5.63. The molecular weight excluding hydrogens is 240 g/mol. The summed E-state index contributed by atoms with van der Waals surface area (Å²) in [5.74, 6) is 0. The van der Waals surface area contributed by atoms with E-state index in [2.05, 4.69) is 22.4 Å². The lowest BCUT2D eigenvalue weighted by Gasteiger charge is -1.96. The van der Waals surface area contributed by atoms with Gasteiger partial charge in [0.05, 0.1) is 10.8 Å². The fourth-order valence-corrected chi connectivity index (χ4v) is 1.62. The highest BCUT2D eigenvalue weighted by atomic mass is 32.1. The first kappa shape index (κ1) is 12.2. The monoisotopic (exact) mass is 252 g/mol.